The van der Waals surface area contributed by atoms with Crippen LogP contribution >= 0.6 is 0 Å². The summed E-state index contributed by atoms with van der Waals surface area (Å²) < 4.78 is 31.3. The van der Waals surface area contributed by atoms with Crippen molar-refractivity contribution in [3.63, 3.8) is 0 Å². The van der Waals surface area contributed by atoms with E-state index in [4.69, 9.17) is 4.42 Å². The molecule has 116 valence electrons. The minimum absolute atomic E-state index is 0.0547. The van der Waals surface area contributed by atoms with Crippen LogP contribution in [0.1, 0.15) is 15.9 Å². The Bertz CT molecular complexity index is 832. The van der Waals surface area contributed by atoms with Crippen LogP contribution in [0.25, 0.3) is 11.3 Å². The molecule has 3 aromatic rings. The van der Waals surface area contributed by atoms with Gasteiger partial charge in [0.05, 0.1) is 6.26 Å². The standard InChI is InChI=1S/C17H12F2N2O2/c18-14-4-3-12(7-15(14)19)17(22)21-9-11-6-13(10-20-8-11)16-2-1-5-23-16/h1-8,10H,9H2,(H,21,22). The molecule has 0 unspecified atom stereocenters. The van der Waals surface area contributed by atoms with E-state index in [2.05, 4.69) is 10.3 Å². The predicted octanol–water partition coefficient (Wildman–Crippen LogP) is 3.55. The van der Waals surface area contributed by atoms with Crippen LogP contribution in [0.2, 0.25) is 0 Å². The first kappa shape index (κ1) is 14.9. The molecule has 0 atom stereocenters. The number of rotatable bonds is 4. The molecule has 0 aliphatic rings. The molecule has 0 aliphatic carbocycles. The van der Waals surface area contributed by atoms with Crippen LogP contribution in [0.4, 0.5) is 8.78 Å². The molecular weight excluding hydrogens is 302 g/mol. The average Bonchev–Trinajstić information content (AvgIpc) is 3.10. The summed E-state index contributed by atoms with van der Waals surface area (Å²) >= 11 is 0. The lowest BCUT2D eigenvalue weighted by atomic mass is 10.1. The molecule has 2 heterocycles. The number of benzene rings is 1. The summed E-state index contributed by atoms with van der Waals surface area (Å²) in [5, 5.41) is 2.64. The van der Waals surface area contributed by atoms with E-state index in [1.165, 1.54) is 6.07 Å². The van der Waals surface area contributed by atoms with Crippen molar-refractivity contribution in [2.24, 2.45) is 0 Å². The largest absolute Gasteiger partial charge is 0.464 e. The zero-order valence-corrected chi connectivity index (χ0v) is 11.9. The number of hydrogen-bond donors (Lipinski definition) is 1. The molecule has 0 saturated heterocycles. The molecule has 0 bridgehead atoms. The van der Waals surface area contributed by atoms with Crippen molar-refractivity contribution < 1.29 is 18.0 Å². The molecule has 6 heteroatoms. The van der Waals surface area contributed by atoms with Gasteiger partial charge >= 0.3 is 0 Å². The Morgan fingerprint density at radius 1 is 1.13 bits per heavy atom. The molecule has 2 aromatic heterocycles. The highest BCUT2D eigenvalue weighted by Crippen LogP contribution is 2.19. The molecule has 23 heavy (non-hydrogen) atoms. The maximum atomic E-state index is 13.1. The van der Waals surface area contributed by atoms with Crippen LogP contribution in [0.3, 0.4) is 0 Å². The number of aromatic nitrogens is 1. The second kappa shape index (κ2) is 6.39. The molecule has 1 amide bonds. The van der Waals surface area contributed by atoms with Crippen molar-refractivity contribution in [1.82, 2.24) is 10.3 Å². The number of carbonyl (C=O) groups excluding carboxylic acids is 1. The maximum absolute atomic E-state index is 13.1. The maximum Gasteiger partial charge on any atom is 0.251 e. The third kappa shape index (κ3) is 3.42. The summed E-state index contributed by atoms with van der Waals surface area (Å²) in [6, 6.07) is 8.42. The number of carbonyl (C=O) groups is 1. The smallest absolute Gasteiger partial charge is 0.251 e. The summed E-state index contributed by atoms with van der Waals surface area (Å²) in [7, 11) is 0. The van der Waals surface area contributed by atoms with Crippen LogP contribution in [-0.4, -0.2) is 10.9 Å². The van der Waals surface area contributed by atoms with Gasteiger partial charge < -0.3 is 9.73 Å². The minimum Gasteiger partial charge on any atom is -0.464 e. The van der Waals surface area contributed by atoms with E-state index >= 15 is 0 Å². The Kier molecular flexibility index (Phi) is 4.14. The van der Waals surface area contributed by atoms with Gasteiger partial charge in [-0.05, 0) is 42.0 Å². The molecule has 0 aliphatic heterocycles. The lowest BCUT2D eigenvalue weighted by Gasteiger charge is -2.06. The summed E-state index contributed by atoms with van der Waals surface area (Å²) in [6.07, 6.45) is 4.82. The highest BCUT2D eigenvalue weighted by atomic mass is 19.2. The number of pyridine rings is 1. The topological polar surface area (TPSA) is 55.1 Å². The number of nitrogens with zero attached hydrogens (tertiary/aromatic N) is 1. The minimum atomic E-state index is -1.06. The van der Waals surface area contributed by atoms with E-state index in [9.17, 15) is 13.6 Å². The quantitative estimate of drug-likeness (QED) is 0.801. The number of nitrogens with one attached hydrogen (secondary N) is 1. The summed E-state index contributed by atoms with van der Waals surface area (Å²) in [5.41, 5.74) is 1.60. The van der Waals surface area contributed by atoms with E-state index in [-0.39, 0.29) is 12.1 Å². The Morgan fingerprint density at radius 2 is 2.00 bits per heavy atom. The number of amides is 1. The van der Waals surface area contributed by atoms with Crippen molar-refractivity contribution in [3.05, 3.63) is 77.8 Å². The van der Waals surface area contributed by atoms with Gasteiger partial charge in [-0.25, -0.2) is 8.78 Å². The third-order valence-corrected chi connectivity index (χ3v) is 3.24. The monoisotopic (exact) mass is 314 g/mol. The number of hydrogen-bond acceptors (Lipinski definition) is 3. The van der Waals surface area contributed by atoms with Gasteiger partial charge in [-0.1, -0.05) is 0 Å². The van der Waals surface area contributed by atoms with Crippen molar-refractivity contribution >= 4 is 5.91 Å². The Labute approximate surface area is 130 Å². The van der Waals surface area contributed by atoms with Gasteiger partial charge in [0.1, 0.15) is 5.76 Å². The zero-order valence-electron chi connectivity index (χ0n) is 11.9. The summed E-state index contributed by atoms with van der Waals surface area (Å²) in [6.45, 7) is 0.208. The fraction of sp³-hybridized carbons (Fsp3) is 0.0588. The van der Waals surface area contributed by atoms with Crippen molar-refractivity contribution in [2.75, 3.05) is 0 Å². The Hall–Kier alpha value is -3.02. The zero-order chi connectivity index (χ0) is 16.2. The van der Waals surface area contributed by atoms with E-state index in [1.807, 2.05) is 6.07 Å². The van der Waals surface area contributed by atoms with Crippen LogP contribution in [0.15, 0.2) is 59.5 Å². The van der Waals surface area contributed by atoms with Gasteiger partial charge in [-0.3, -0.25) is 9.78 Å². The molecular formula is C17H12F2N2O2. The van der Waals surface area contributed by atoms with E-state index in [0.717, 1.165) is 23.3 Å². The van der Waals surface area contributed by atoms with Crippen LogP contribution < -0.4 is 5.32 Å². The van der Waals surface area contributed by atoms with E-state index < -0.39 is 17.5 Å². The van der Waals surface area contributed by atoms with Crippen molar-refractivity contribution in [2.45, 2.75) is 6.54 Å². The molecule has 4 nitrogen and oxygen atoms in total. The van der Waals surface area contributed by atoms with Crippen LogP contribution in [0, 0.1) is 11.6 Å². The first-order chi connectivity index (χ1) is 11.1. The Morgan fingerprint density at radius 3 is 2.74 bits per heavy atom. The average molecular weight is 314 g/mol. The molecule has 1 aromatic carbocycles. The van der Waals surface area contributed by atoms with Crippen molar-refractivity contribution in [1.29, 1.82) is 0 Å². The number of halogens is 2. The third-order valence-electron chi connectivity index (χ3n) is 3.24. The van der Waals surface area contributed by atoms with Crippen molar-refractivity contribution in [3.8, 4) is 11.3 Å². The van der Waals surface area contributed by atoms with Gasteiger partial charge in [0.2, 0.25) is 0 Å². The van der Waals surface area contributed by atoms with Gasteiger partial charge in [0, 0.05) is 30.1 Å². The fourth-order valence-electron chi connectivity index (χ4n) is 2.08. The second-order valence-corrected chi connectivity index (χ2v) is 4.87. The predicted molar refractivity (Wildman–Crippen MR) is 79.5 cm³/mol. The number of furan rings is 1. The van der Waals surface area contributed by atoms with Gasteiger partial charge in [0.25, 0.3) is 5.91 Å². The molecule has 1 N–H and O–H groups in total. The Balaban J connectivity index is 1.69. The molecule has 0 saturated carbocycles. The lowest BCUT2D eigenvalue weighted by Crippen LogP contribution is -2.23. The summed E-state index contributed by atoms with van der Waals surface area (Å²) in [4.78, 5) is 16.1. The highest BCUT2D eigenvalue weighted by molar-refractivity contribution is 5.94. The van der Waals surface area contributed by atoms with Gasteiger partial charge in [-0.2, -0.15) is 0 Å². The van der Waals surface area contributed by atoms with Crippen LogP contribution in [-0.2, 0) is 6.54 Å². The van der Waals surface area contributed by atoms with E-state index in [0.29, 0.717) is 5.76 Å². The first-order valence-electron chi connectivity index (χ1n) is 6.84. The van der Waals surface area contributed by atoms with Crippen LogP contribution in [0.5, 0.6) is 0 Å². The SMILES string of the molecule is O=C(NCc1cncc(-c2ccco2)c1)c1ccc(F)c(F)c1. The highest BCUT2D eigenvalue weighted by Gasteiger charge is 2.10. The molecule has 0 fully saturated rings. The molecule has 0 spiro atoms. The summed E-state index contributed by atoms with van der Waals surface area (Å²) in [5.74, 6) is -1.87. The first-order valence-corrected chi connectivity index (χ1v) is 6.84. The molecule has 3 rings (SSSR count). The van der Waals surface area contributed by atoms with Gasteiger partial charge in [0.15, 0.2) is 11.6 Å². The molecule has 0 radical (unpaired) electrons. The normalized spacial score (nSPS) is 10.5. The second-order valence-electron chi connectivity index (χ2n) is 4.87. The fourth-order valence-corrected chi connectivity index (χ4v) is 2.08. The lowest BCUT2D eigenvalue weighted by molar-refractivity contribution is 0.0950. The van der Waals surface area contributed by atoms with Gasteiger partial charge in [-0.15, -0.1) is 0 Å². The van der Waals surface area contributed by atoms with E-state index in [1.54, 1.807) is 30.8 Å².